The maximum absolute atomic E-state index is 10.6. The number of hydrogen-bond acceptors (Lipinski definition) is 5. The van der Waals surface area contributed by atoms with Crippen molar-refractivity contribution in [2.24, 2.45) is 0 Å². The van der Waals surface area contributed by atoms with Gasteiger partial charge >= 0.3 is 0 Å². The van der Waals surface area contributed by atoms with Crippen LogP contribution in [0.5, 0.6) is 5.75 Å². The van der Waals surface area contributed by atoms with E-state index in [2.05, 4.69) is 16.0 Å². The van der Waals surface area contributed by atoms with Gasteiger partial charge in [-0.25, -0.2) is 0 Å². The highest BCUT2D eigenvalue weighted by atomic mass is 16.5. The second-order valence-corrected chi connectivity index (χ2v) is 7.26. The van der Waals surface area contributed by atoms with Gasteiger partial charge in [0.25, 0.3) is 0 Å². The summed E-state index contributed by atoms with van der Waals surface area (Å²) in [5.41, 5.74) is 1.79. The Hall–Kier alpha value is -2.88. The van der Waals surface area contributed by atoms with E-state index in [4.69, 9.17) is 4.74 Å². The standard InChI is InChI=1S/C22H24N4O2/c1-2-26-14-16(9-19(26)11-23)13-25-8-6-22(21(27)15-25)28-20-4-3-17-5-7-24-12-18(17)10-20/h3-5,7,9-10,12,14,21-22,27H,2,6,8,13,15H2,1H3/t21-,22-/m1/s1. The fraction of sp³-hybridized carbons (Fsp3) is 0.364. The average molecular weight is 376 g/mol. The summed E-state index contributed by atoms with van der Waals surface area (Å²) in [7, 11) is 0. The summed E-state index contributed by atoms with van der Waals surface area (Å²) >= 11 is 0. The van der Waals surface area contributed by atoms with Crippen molar-refractivity contribution in [1.82, 2.24) is 14.5 Å². The van der Waals surface area contributed by atoms with Crippen LogP contribution in [0.25, 0.3) is 10.8 Å². The molecule has 1 aliphatic rings. The highest BCUT2D eigenvalue weighted by Crippen LogP contribution is 2.24. The molecule has 2 aromatic heterocycles. The zero-order chi connectivity index (χ0) is 19.5. The van der Waals surface area contributed by atoms with Gasteiger partial charge in [0.05, 0.1) is 0 Å². The highest BCUT2D eigenvalue weighted by molar-refractivity contribution is 5.82. The van der Waals surface area contributed by atoms with E-state index in [0.717, 1.165) is 48.1 Å². The minimum absolute atomic E-state index is 0.222. The number of aromatic nitrogens is 2. The largest absolute Gasteiger partial charge is 0.488 e. The second-order valence-electron chi connectivity index (χ2n) is 7.26. The lowest BCUT2D eigenvalue weighted by Crippen LogP contribution is -2.48. The Labute approximate surface area is 164 Å². The maximum atomic E-state index is 10.6. The zero-order valence-electron chi connectivity index (χ0n) is 16.0. The number of β-amino-alcohol motifs (C(OH)–C–C–N with tert-alkyl or cyclic N) is 1. The lowest BCUT2D eigenvalue weighted by molar-refractivity contribution is -0.0274. The molecule has 144 valence electrons. The molecule has 0 aliphatic carbocycles. The van der Waals surface area contributed by atoms with Crippen molar-refractivity contribution in [2.45, 2.75) is 38.6 Å². The first kappa shape index (κ1) is 18.5. The SMILES string of the molecule is CCn1cc(CN2CC[C@@H](Oc3ccc4ccncc4c3)[C@H](O)C2)cc1C#N. The van der Waals surface area contributed by atoms with Crippen molar-refractivity contribution in [3.8, 4) is 11.8 Å². The second kappa shape index (κ2) is 8.01. The van der Waals surface area contributed by atoms with Gasteiger partial charge in [0.2, 0.25) is 0 Å². The molecule has 0 spiro atoms. The summed E-state index contributed by atoms with van der Waals surface area (Å²) in [6.07, 6.45) is 5.60. The Morgan fingerprint density at radius 3 is 2.93 bits per heavy atom. The number of rotatable bonds is 5. The number of likely N-dealkylation sites (tertiary alicyclic amines) is 1. The number of aliphatic hydroxyl groups is 1. The molecule has 2 atom stereocenters. The van der Waals surface area contributed by atoms with Crippen molar-refractivity contribution in [2.75, 3.05) is 13.1 Å². The summed E-state index contributed by atoms with van der Waals surface area (Å²) in [5.74, 6) is 0.761. The van der Waals surface area contributed by atoms with E-state index >= 15 is 0 Å². The van der Waals surface area contributed by atoms with Gasteiger partial charge in [-0.2, -0.15) is 5.26 Å². The minimum Gasteiger partial charge on any atom is -0.488 e. The van der Waals surface area contributed by atoms with Crippen LogP contribution in [0.4, 0.5) is 0 Å². The third-order valence-electron chi connectivity index (χ3n) is 5.32. The van der Waals surface area contributed by atoms with Crippen LogP contribution in [0.1, 0.15) is 24.6 Å². The van der Waals surface area contributed by atoms with Gasteiger partial charge in [-0.05, 0) is 48.6 Å². The number of ether oxygens (including phenoxy) is 1. The number of nitrogens with zero attached hydrogens (tertiary/aromatic N) is 4. The van der Waals surface area contributed by atoms with Crippen molar-refractivity contribution < 1.29 is 9.84 Å². The molecule has 4 rings (SSSR count). The molecular weight excluding hydrogens is 352 g/mol. The summed E-state index contributed by atoms with van der Waals surface area (Å²) in [6, 6.07) is 12.1. The predicted molar refractivity (Wildman–Crippen MR) is 107 cm³/mol. The first-order chi connectivity index (χ1) is 13.7. The zero-order valence-corrected chi connectivity index (χ0v) is 16.0. The number of pyridine rings is 1. The molecule has 1 aromatic carbocycles. The van der Waals surface area contributed by atoms with E-state index in [0.29, 0.717) is 12.2 Å². The fourth-order valence-corrected chi connectivity index (χ4v) is 3.84. The number of aryl methyl sites for hydroxylation is 1. The number of nitriles is 1. The van der Waals surface area contributed by atoms with E-state index in [1.54, 1.807) is 6.20 Å². The molecule has 6 nitrogen and oxygen atoms in total. The third kappa shape index (κ3) is 3.86. The molecule has 3 aromatic rings. The van der Waals surface area contributed by atoms with Crippen LogP contribution in [0.15, 0.2) is 48.9 Å². The summed E-state index contributed by atoms with van der Waals surface area (Å²) < 4.78 is 8.04. The van der Waals surface area contributed by atoms with Gasteiger partial charge in [0, 0.05) is 50.2 Å². The highest BCUT2D eigenvalue weighted by Gasteiger charge is 2.29. The molecule has 6 heteroatoms. The molecule has 1 saturated heterocycles. The van der Waals surface area contributed by atoms with Gasteiger partial charge in [0.1, 0.15) is 29.7 Å². The van der Waals surface area contributed by atoms with Crippen molar-refractivity contribution >= 4 is 10.8 Å². The lowest BCUT2D eigenvalue weighted by Gasteiger charge is -2.35. The molecule has 1 N–H and O–H groups in total. The molecule has 1 aliphatic heterocycles. The van der Waals surface area contributed by atoms with Crippen LogP contribution in [0.3, 0.4) is 0 Å². The first-order valence-electron chi connectivity index (χ1n) is 9.66. The monoisotopic (exact) mass is 376 g/mol. The molecule has 1 fully saturated rings. The number of fused-ring (bicyclic) bond motifs is 1. The number of benzene rings is 1. The van der Waals surface area contributed by atoms with E-state index in [1.807, 2.05) is 54.2 Å². The van der Waals surface area contributed by atoms with Crippen molar-refractivity contribution in [3.05, 3.63) is 60.2 Å². The Bertz CT molecular complexity index is 1010. The van der Waals surface area contributed by atoms with Gasteiger partial charge in [-0.1, -0.05) is 6.07 Å². The van der Waals surface area contributed by atoms with Gasteiger partial charge < -0.3 is 14.4 Å². The Morgan fingerprint density at radius 2 is 2.18 bits per heavy atom. The Kier molecular flexibility index (Phi) is 5.29. The number of hydrogen-bond donors (Lipinski definition) is 1. The Morgan fingerprint density at radius 1 is 1.29 bits per heavy atom. The number of aliphatic hydroxyl groups excluding tert-OH is 1. The molecule has 0 unspecified atom stereocenters. The van der Waals surface area contributed by atoms with Crippen molar-refractivity contribution in [3.63, 3.8) is 0 Å². The third-order valence-corrected chi connectivity index (χ3v) is 5.32. The Balaban J connectivity index is 1.38. The van der Waals surface area contributed by atoms with Crippen LogP contribution >= 0.6 is 0 Å². The molecule has 0 bridgehead atoms. The van der Waals surface area contributed by atoms with Crippen LogP contribution in [0.2, 0.25) is 0 Å². The molecular formula is C22H24N4O2. The summed E-state index contributed by atoms with van der Waals surface area (Å²) in [6.45, 7) is 4.94. The molecule has 0 amide bonds. The molecule has 0 radical (unpaired) electrons. The first-order valence-corrected chi connectivity index (χ1v) is 9.66. The fourth-order valence-electron chi connectivity index (χ4n) is 3.84. The minimum atomic E-state index is -0.554. The van der Waals surface area contributed by atoms with Crippen LogP contribution < -0.4 is 4.74 Å². The van der Waals surface area contributed by atoms with Crippen LogP contribution in [-0.4, -0.2) is 44.9 Å². The van der Waals surface area contributed by atoms with Gasteiger partial charge in [-0.3, -0.25) is 9.88 Å². The molecule has 3 heterocycles. The van der Waals surface area contributed by atoms with E-state index < -0.39 is 6.10 Å². The molecule has 0 saturated carbocycles. The number of piperidine rings is 1. The predicted octanol–water partition coefficient (Wildman–Crippen LogP) is 2.94. The average Bonchev–Trinajstić information content (AvgIpc) is 3.12. The van der Waals surface area contributed by atoms with Gasteiger partial charge in [-0.15, -0.1) is 0 Å². The maximum Gasteiger partial charge on any atom is 0.127 e. The van der Waals surface area contributed by atoms with E-state index in [-0.39, 0.29) is 6.10 Å². The topological polar surface area (TPSA) is 74.3 Å². The normalized spacial score (nSPS) is 20.2. The lowest BCUT2D eigenvalue weighted by atomic mass is 10.0. The molecule has 28 heavy (non-hydrogen) atoms. The van der Waals surface area contributed by atoms with E-state index in [1.165, 1.54) is 0 Å². The van der Waals surface area contributed by atoms with E-state index in [9.17, 15) is 10.4 Å². The summed E-state index contributed by atoms with van der Waals surface area (Å²) in [5, 5.41) is 22.0. The van der Waals surface area contributed by atoms with Crippen molar-refractivity contribution in [1.29, 1.82) is 5.26 Å². The smallest absolute Gasteiger partial charge is 0.127 e. The van der Waals surface area contributed by atoms with Crippen LogP contribution in [0, 0.1) is 11.3 Å². The van der Waals surface area contributed by atoms with Gasteiger partial charge in [0.15, 0.2) is 0 Å². The quantitative estimate of drug-likeness (QED) is 0.741. The summed E-state index contributed by atoms with van der Waals surface area (Å²) in [4.78, 5) is 6.37. The van der Waals surface area contributed by atoms with Crippen LogP contribution in [-0.2, 0) is 13.1 Å².